The van der Waals surface area contributed by atoms with E-state index in [0.29, 0.717) is 11.3 Å². The van der Waals surface area contributed by atoms with Gasteiger partial charge in [-0.15, -0.1) is 0 Å². The highest BCUT2D eigenvalue weighted by molar-refractivity contribution is 6.45. The molecule has 0 N–H and O–H groups in total. The third kappa shape index (κ3) is 2.16. The van der Waals surface area contributed by atoms with Crippen LogP contribution in [-0.2, 0) is 15.6 Å². The van der Waals surface area contributed by atoms with Crippen LogP contribution in [0, 0.1) is 0 Å². The Labute approximate surface area is 124 Å². The van der Waals surface area contributed by atoms with Crippen LogP contribution in [0.3, 0.4) is 0 Å². The van der Waals surface area contributed by atoms with Crippen LogP contribution in [0.4, 0.5) is 0 Å². The van der Waals surface area contributed by atoms with Gasteiger partial charge in [0.05, 0.1) is 22.5 Å². The fourth-order valence-electron chi connectivity index (χ4n) is 2.46. The van der Waals surface area contributed by atoms with Gasteiger partial charge in [0.15, 0.2) is 5.58 Å². The van der Waals surface area contributed by atoms with Crippen molar-refractivity contribution in [2.45, 2.75) is 45.2 Å². The summed E-state index contributed by atoms with van der Waals surface area (Å²) in [6.45, 7) is 8.21. The van der Waals surface area contributed by atoms with E-state index in [4.69, 9.17) is 25.3 Å². The molecule has 0 spiro atoms. The van der Waals surface area contributed by atoms with Crippen molar-refractivity contribution in [3.05, 3.63) is 35.0 Å². The predicted molar refractivity (Wildman–Crippen MR) is 81.0 cm³/mol. The summed E-state index contributed by atoms with van der Waals surface area (Å²) in [7, 11) is -0.264. The summed E-state index contributed by atoms with van der Waals surface area (Å²) in [4.78, 5) is 0. The zero-order valence-corrected chi connectivity index (χ0v) is 13.0. The second kappa shape index (κ2) is 4.52. The fraction of sp³-hybridized carbons (Fsp3) is 0.467. The SMILES string of the molecule is CC1(C)OB(Cc2coc3c(Cl)cccc23)OC1(C)C. The molecule has 0 amide bonds. The van der Waals surface area contributed by atoms with Gasteiger partial charge in [-0.2, -0.15) is 0 Å². The number of fused-ring (bicyclic) bond motifs is 1. The minimum atomic E-state index is -0.311. The highest BCUT2D eigenvalue weighted by Crippen LogP contribution is 2.38. The van der Waals surface area contributed by atoms with E-state index in [9.17, 15) is 0 Å². The molecule has 106 valence electrons. The summed E-state index contributed by atoms with van der Waals surface area (Å²) in [5, 5.41) is 1.65. The van der Waals surface area contributed by atoms with Gasteiger partial charge in [0.2, 0.25) is 0 Å². The number of halogens is 1. The summed E-state index contributed by atoms with van der Waals surface area (Å²) in [6.07, 6.45) is 2.39. The zero-order valence-electron chi connectivity index (χ0n) is 12.2. The number of hydrogen-bond acceptors (Lipinski definition) is 3. The van der Waals surface area contributed by atoms with Crippen LogP contribution in [0.1, 0.15) is 33.3 Å². The Balaban J connectivity index is 1.87. The third-order valence-corrected chi connectivity index (χ3v) is 4.62. The molecule has 0 bridgehead atoms. The monoisotopic (exact) mass is 292 g/mol. The van der Waals surface area contributed by atoms with Gasteiger partial charge in [0.1, 0.15) is 0 Å². The van der Waals surface area contributed by atoms with Crippen molar-refractivity contribution < 1.29 is 13.7 Å². The van der Waals surface area contributed by atoms with Crippen LogP contribution >= 0.6 is 11.6 Å². The van der Waals surface area contributed by atoms with E-state index in [-0.39, 0.29) is 18.3 Å². The molecule has 20 heavy (non-hydrogen) atoms. The first-order valence-corrected chi connectivity index (χ1v) is 7.18. The van der Waals surface area contributed by atoms with Gasteiger partial charge in [-0.1, -0.05) is 23.7 Å². The molecule has 0 atom stereocenters. The second-order valence-corrected chi connectivity index (χ2v) is 6.67. The van der Waals surface area contributed by atoms with E-state index in [1.165, 1.54) is 0 Å². The van der Waals surface area contributed by atoms with E-state index in [2.05, 4.69) is 27.7 Å². The maximum atomic E-state index is 6.12. The standard InChI is InChI=1S/C15H18BClO3/c1-14(2)15(3,4)20-16(19-14)8-10-9-18-13-11(10)6-5-7-12(13)17/h5-7,9H,8H2,1-4H3. The van der Waals surface area contributed by atoms with Crippen molar-refractivity contribution in [2.75, 3.05) is 0 Å². The van der Waals surface area contributed by atoms with E-state index in [1.807, 2.05) is 18.2 Å². The van der Waals surface area contributed by atoms with Gasteiger partial charge in [-0.25, -0.2) is 0 Å². The van der Waals surface area contributed by atoms with Crippen LogP contribution in [0.5, 0.6) is 0 Å². The zero-order chi connectivity index (χ0) is 14.5. The topological polar surface area (TPSA) is 31.6 Å². The van der Waals surface area contributed by atoms with Crippen LogP contribution in [0.15, 0.2) is 28.9 Å². The Morgan fingerprint density at radius 1 is 1.10 bits per heavy atom. The normalized spacial score (nSPS) is 20.8. The van der Waals surface area contributed by atoms with Crippen molar-refractivity contribution in [3.63, 3.8) is 0 Å². The molecule has 1 fully saturated rings. The van der Waals surface area contributed by atoms with Crippen LogP contribution in [-0.4, -0.2) is 18.3 Å². The lowest BCUT2D eigenvalue weighted by Gasteiger charge is -2.32. The van der Waals surface area contributed by atoms with E-state index >= 15 is 0 Å². The predicted octanol–water partition coefficient (Wildman–Crippen LogP) is 4.26. The van der Waals surface area contributed by atoms with Crippen LogP contribution in [0.2, 0.25) is 5.02 Å². The minimum Gasteiger partial charge on any atom is -0.463 e. The van der Waals surface area contributed by atoms with Crippen molar-refractivity contribution in [1.82, 2.24) is 0 Å². The van der Waals surface area contributed by atoms with Crippen molar-refractivity contribution in [3.8, 4) is 0 Å². The molecule has 0 saturated carbocycles. The summed E-state index contributed by atoms with van der Waals surface area (Å²) in [5.41, 5.74) is 1.16. The fourth-order valence-corrected chi connectivity index (χ4v) is 2.68. The number of rotatable bonds is 2. The average Bonchev–Trinajstić information content (AvgIpc) is 2.80. The highest BCUT2D eigenvalue weighted by Gasteiger charge is 2.50. The molecule has 0 aliphatic carbocycles. The third-order valence-electron chi connectivity index (χ3n) is 4.32. The number of hydrogen-bond donors (Lipinski definition) is 0. The molecule has 2 aromatic rings. The average molecular weight is 293 g/mol. The molecule has 1 aliphatic rings. The molecule has 3 rings (SSSR count). The van der Waals surface area contributed by atoms with E-state index in [1.54, 1.807) is 6.26 Å². The lowest BCUT2D eigenvalue weighted by molar-refractivity contribution is 0.00578. The number of benzene rings is 1. The first-order chi connectivity index (χ1) is 9.30. The van der Waals surface area contributed by atoms with Crippen molar-refractivity contribution >= 4 is 29.7 Å². The van der Waals surface area contributed by atoms with Gasteiger partial charge < -0.3 is 13.7 Å². The lowest BCUT2D eigenvalue weighted by atomic mass is 9.81. The molecule has 1 aliphatic heterocycles. The largest absolute Gasteiger partial charge is 0.463 e. The Kier molecular flexibility index (Phi) is 3.16. The Bertz CT molecular complexity index is 632. The molecule has 2 heterocycles. The lowest BCUT2D eigenvalue weighted by Crippen LogP contribution is -2.41. The van der Waals surface area contributed by atoms with Gasteiger partial charge in [0, 0.05) is 11.7 Å². The van der Waals surface area contributed by atoms with E-state index in [0.717, 1.165) is 16.5 Å². The smallest absolute Gasteiger partial charge is 0.462 e. The molecular weight excluding hydrogens is 274 g/mol. The minimum absolute atomic E-state index is 0.264. The van der Waals surface area contributed by atoms with Crippen LogP contribution in [0.25, 0.3) is 11.0 Å². The highest BCUT2D eigenvalue weighted by atomic mass is 35.5. The summed E-state index contributed by atoms with van der Waals surface area (Å²) in [6, 6.07) is 5.76. The van der Waals surface area contributed by atoms with Gasteiger partial charge in [-0.3, -0.25) is 0 Å². The summed E-state index contributed by atoms with van der Waals surface area (Å²) < 4.78 is 17.6. The first-order valence-electron chi connectivity index (χ1n) is 6.80. The van der Waals surface area contributed by atoms with E-state index < -0.39 is 0 Å². The molecule has 1 aromatic carbocycles. The molecule has 0 radical (unpaired) electrons. The Hall–Kier alpha value is -0.965. The van der Waals surface area contributed by atoms with Crippen LogP contribution < -0.4 is 0 Å². The second-order valence-electron chi connectivity index (χ2n) is 6.27. The summed E-state index contributed by atoms with van der Waals surface area (Å²) in [5.74, 6) is 0. The number of furan rings is 1. The maximum Gasteiger partial charge on any atom is 0.462 e. The molecular formula is C15H18BClO3. The van der Waals surface area contributed by atoms with Gasteiger partial charge in [0.25, 0.3) is 0 Å². The molecule has 1 aromatic heterocycles. The van der Waals surface area contributed by atoms with Gasteiger partial charge in [-0.05, 0) is 39.3 Å². The van der Waals surface area contributed by atoms with Gasteiger partial charge >= 0.3 is 7.12 Å². The first kappa shape index (κ1) is 14.0. The Morgan fingerprint density at radius 2 is 1.75 bits per heavy atom. The molecule has 1 saturated heterocycles. The van der Waals surface area contributed by atoms with Crippen molar-refractivity contribution in [2.24, 2.45) is 0 Å². The summed E-state index contributed by atoms with van der Waals surface area (Å²) >= 11 is 6.12. The molecule has 3 nitrogen and oxygen atoms in total. The van der Waals surface area contributed by atoms with Crippen molar-refractivity contribution in [1.29, 1.82) is 0 Å². The quantitative estimate of drug-likeness (QED) is 0.775. The molecule has 5 heteroatoms. The number of para-hydroxylation sites is 1. The maximum absolute atomic E-state index is 6.12. The Morgan fingerprint density at radius 3 is 2.40 bits per heavy atom. The molecule has 0 unspecified atom stereocenters.